The van der Waals surface area contributed by atoms with Crippen molar-refractivity contribution in [2.45, 2.75) is 52.7 Å². The van der Waals surface area contributed by atoms with Crippen molar-refractivity contribution < 1.29 is 18.9 Å². The lowest BCUT2D eigenvalue weighted by Crippen LogP contribution is -2.09. The van der Waals surface area contributed by atoms with E-state index in [0.717, 1.165) is 69.2 Å². The summed E-state index contributed by atoms with van der Waals surface area (Å²) in [6.07, 6.45) is 2.23. The van der Waals surface area contributed by atoms with Crippen LogP contribution < -0.4 is 18.9 Å². The van der Waals surface area contributed by atoms with Crippen LogP contribution in [0, 0.1) is 0 Å². The zero-order chi connectivity index (χ0) is 28.5. The van der Waals surface area contributed by atoms with Crippen molar-refractivity contribution in [1.82, 2.24) is 0 Å². The Labute approximate surface area is 239 Å². The molecule has 0 radical (unpaired) electrons. The zero-order valence-corrected chi connectivity index (χ0v) is 24.4. The van der Waals surface area contributed by atoms with Gasteiger partial charge in [-0.15, -0.1) is 0 Å². The van der Waals surface area contributed by atoms with Gasteiger partial charge in [-0.3, -0.25) is 0 Å². The van der Waals surface area contributed by atoms with E-state index >= 15 is 0 Å². The van der Waals surface area contributed by atoms with Crippen LogP contribution in [0.5, 0.6) is 23.0 Å². The quantitative estimate of drug-likeness (QED) is 0.169. The summed E-state index contributed by atoms with van der Waals surface area (Å²) in [5, 5.41) is 0. The van der Waals surface area contributed by atoms with E-state index in [1.165, 1.54) is 0 Å². The SMILES string of the molecule is CC[C@@H](C)Oc1ccc(/C(=C(\c2ccc(OC)cc2)c2ccc(O[C@H](C)CC)cc2)c2ccc(OC)cc2)cc1. The summed E-state index contributed by atoms with van der Waals surface area (Å²) in [6.45, 7) is 8.44. The highest BCUT2D eigenvalue weighted by Gasteiger charge is 2.18. The predicted molar refractivity (Wildman–Crippen MR) is 165 cm³/mol. The Bertz CT molecular complexity index is 1260. The van der Waals surface area contributed by atoms with Gasteiger partial charge in [0.15, 0.2) is 0 Å². The molecule has 4 rings (SSSR count). The van der Waals surface area contributed by atoms with Gasteiger partial charge in [0, 0.05) is 0 Å². The van der Waals surface area contributed by atoms with Crippen LogP contribution in [-0.4, -0.2) is 26.4 Å². The molecule has 0 saturated carbocycles. The van der Waals surface area contributed by atoms with Crippen LogP contribution in [0.25, 0.3) is 11.1 Å². The summed E-state index contributed by atoms with van der Waals surface area (Å²) in [5.74, 6) is 3.37. The first-order valence-electron chi connectivity index (χ1n) is 14.0. The molecule has 4 heteroatoms. The molecule has 4 aromatic carbocycles. The van der Waals surface area contributed by atoms with Crippen molar-refractivity contribution in [3.8, 4) is 23.0 Å². The highest BCUT2D eigenvalue weighted by molar-refractivity contribution is 6.04. The molecular formula is C36H40O4. The van der Waals surface area contributed by atoms with Crippen molar-refractivity contribution >= 4 is 11.1 Å². The maximum absolute atomic E-state index is 6.08. The molecule has 0 saturated heterocycles. The molecule has 40 heavy (non-hydrogen) atoms. The van der Waals surface area contributed by atoms with Gasteiger partial charge in [-0.2, -0.15) is 0 Å². The van der Waals surface area contributed by atoms with Crippen LogP contribution in [0.4, 0.5) is 0 Å². The topological polar surface area (TPSA) is 36.9 Å². The molecule has 4 nitrogen and oxygen atoms in total. The Kier molecular flexibility index (Phi) is 9.91. The van der Waals surface area contributed by atoms with Gasteiger partial charge >= 0.3 is 0 Å². The van der Waals surface area contributed by atoms with E-state index in [-0.39, 0.29) is 12.2 Å². The first-order chi connectivity index (χ1) is 19.4. The second kappa shape index (κ2) is 13.7. The number of rotatable bonds is 12. The molecule has 0 heterocycles. The second-order valence-electron chi connectivity index (χ2n) is 9.93. The van der Waals surface area contributed by atoms with Gasteiger partial charge in [-0.05, 0) is 109 Å². The van der Waals surface area contributed by atoms with Crippen molar-refractivity contribution in [1.29, 1.82) is 0 Å². The van der Waals surface area contributed by atoms with E-state index < -0.39 is 0 Å². The summed E-state index contributed by atoms with van der Waals surface area (Å²) in [6, 6.07) is 33.3. The molecule has 0 fully saturated rings. The summed E-state index contributed by atoms with van der Waals surface area (Å²) < 4.78 is 23.1. The predicted octanol–water partition coefficient (Wildman–Crippen LogP) is 9.07. The average molecular weight is 537 g/mol. The molecule has 0 aliphatic carbocycles. The summed E-state index contributed by atoms with van der Waals surface area (Å²) in [5.41, 5.74) is 6.57. The fraction of sp³-hybridized carbons (Fsp3) is 0.278. The Hall–Kier alpha value is -4.18. The van der Waals surface area contributed by atoms with Crippen molar-refractivity contribution in [2.24, 2.45) is 0 Å². The minimum Gasteiger partial charge on any atom is -0.497 e. The lowest BCUT2D eigenvalue weighted by atomic mass is 9.85. The zero-order valence-electron chi connectivity index (χ0n) is 24.4. The highest BCUT2D eigenvalue weighted by Crippen LogP contribution is 2.39. The third-order valence-corrected chi connectivity index (χ3v) is 7.12. The monoisotopic (exact) mass is 536 g/mol. The van der Waals surface area contributed by atoms with Crippen molar-refractivity contribution in [3.05, 3.63) is 119 Å². The molecule has 208 valence electrons. The maximum atomic E-state index is 6.08. The van der Waals surface area contributed by atoms with Crippen LogP contribution >= 0.6 is 0 Å². The smallest absolute Gasteiger partial charge is 0.119 e. The minimum absolute atomic E-state index is 0.161. The molecule has 0 spiro atoms. The lowest BCUT2D eigenvalue weighted by Gasteiger charge is -2.20. The largest absolute Gasteiger partial charge is 0.497 e. The average Bonchev–Trinajstić information content (AvgIpc) is 3.01. The minimum atomic E-state index is 0.161. The van der Waals surface area contributed by atoms with E-state index in [1.54, 1.807) is 14.2 Å². The Morgan fingerprint density at radius 1 is 0.450 bits per heavy atom. The first-order valence-corrected chi connectivity index (χ1v) is 14.0. The van der Waals surface area contributed by atoms with Gasteiger partial charge in [0.1, 0.15) is 23.0 Å². The van der Waals surface area contributed by atoms with Gasteiger partial charge in [-0.1, -0.05) is 62.4 Å². The van der Waals surface area contributed by atoms with Crippen LogP contribution in [0.1, 0.15) is 62.8 Å². The molecule has 4 aromatic rings. The Balaban J connectivity index is 1.93. The number of benzene rings is 4. The lowest BCUT2D eigenvalue weighted by molar-refractivity contribution is 0.217. The van der Waals surface area contributed by atoms with E-state index in [2.05, 4.69) is 100 Å². The maximum Gasteiger partial charge on any atom is 0.119 e. The number of ether oxygens (including phenoxy) is 4. The van der Waals surface area contributed by atoms with E-state index in [4.69, 9.17) is 18.9 Å². The van der Waals surface area contributed by atoms with E-state index in [9.17, 15) is 0 Å². The number of hydrogen-bond acceptors (Lipinski definition) is 4. The number of methoxy groups -OCH3 is 2. The van der Waals surface area contributed by atoms with Gasteiger partial charge < -0.3 is 18.9 Å². The third-order valence-electron chi connectivity index (χ3n) is 7.12. The van der Waals surface area contributed by atoms with Gasteiger partial charge in [0.05, 0.1) is 26.4 Å². The van der Waals surface area contributed by atoms with Crippen LogP contribution in [-0.2, 0) is 0 Å². The van der Waals surface area contributed by atoms with Crippen molar-refractivity contribution in [2.75, 3.05) is 14.2 Å². The Morgan fingerprint density at radius 3 is 0.925 bits per heavy atom. The fourth-order valence-corrected chi connectivity index (χ4v) is 4.46. The molecule has 0 N–H and O–H groups in total. The standard InChI is InChI=1S/C36H40O4/c1-7-25(3)39-33-21-13-29(14-22-33)35(27-9-17-31(37-5)18-10-27)36(28-11-19-32(38-6)20-12-28)30-15-23-34(24-16-30)40-26(4)8-2/h9-26H,7-8H2,1-6H3/b36-35+/t25-,26-/m1/s1. The molecule has 0 aliphatic rings. The normalized spacial score (nSPS) is 13.2. The highest BCUT2D eigenvalue weighted by atomic mass is 16.5. The molecule has 2 atom stereocenters. The van der Waals surface area contributed by atoms with Crippen LogP contribution in [0.15, 0.2) is 97.1 Å². The molecular weight excluding hydrogens is 496 g/mol. The van der Waals surface area contributed by atoms with Crippen LogP contribution in [0.2, 0.25) is 0 Å². The van der Waals surface area contributed by atoms with Gasteiger partial charge in [0.2, 0.25) is 0 Å². The van der Waals surface area contributed by atoms with E-state index in [1.807, 2.05) is 24.3 Å². The molecule has 0 amide bonds. The Morgan fingerprint density at radius 2 is 0.700 bits per heavy atom. The first kappa shape index (κ1) is 28.8. The molecule has 0 aliphatic heterocycles. The summed E-state index contributed by atoms with van der Waals surface area (Å²) in [4.78, 5) is 0. The van der Waals surface area contributed by atoms with Gasteiger partial charge in [0.25, 0.3) is 0 Å². The second-order valence-corrected chi connectivity index (χ2v) is 9.93. The number of hydrogen-bond donors (Lipinski definition) is 0. The van der Waals surface area contributed by atoms with Crippen molar-refractivity contribution in [3.63, 3.8) is 0 Å². The third kappa shape index (κ3) is 7.06. The summed E-state index contributed by atoms with van der Waals surface area (Å²) >= 11 is 0. The van der Waals surface area contributed by atoms with Gasteiger partial charge in [-0.25, -0.2) is 0 Å². The fourth-order valence-electron chi connectivity index (χ4n) is 4.46. The molecule has 0 bridgehead atoms. The molecule has 0 aromatic heterocycles. The molecule has 0 unspecified atom stereocenters. The van der Waals surface area contributed by atoms with E-state index in [0.29, 0.717) is 0 Å². The summed E-state index contributed by atoms with van der Waals surface area (Å²) in [7, 11) is 3.38. The van der Waals surface area contributed by atoms with Crippen LogP contribution in [0.3, 0.4) is 0 Å².